The van der Waals surface area contributed by atoms with Crippen LogP contribution < -0.4 is 4.90 Å². The lowest BCUT2D eigenvalue weighted by molar-refractivity contribution is 0.0526. The Balaban J connectivity index is 1.36. The van der Waals surface area contributed by atoms with Gasteiger partial charge in [0.15, 0.2) is 0 Å². The smallest absolute Gasteiger partial charge is 0.225 e. The van der Waals surface area contributed by atoms with E-state index in [2.05, 4.69) is 68.8 Å². The fourth-order valence-corrected chi connectivity index (χ4v) is 4.66. The van der Waals surface area contributed by atoms with Crippen molar-refractivity contribution in [3.05, 3.63) is 72.3 Å². The van der Waals surface area contributed by atoms with Crippen LogP contribution in [0.25, 0.3) is 22.2 Å². The van der Waals surface area contributed by atoms with Crippen LogP contribution in [0.4, 0.5) is 5.95 Å². The highest BCUT2D eigenvalue weighted by atomic mass is 16.5. The van der Waals surface area contributed by atoms with Gasteiger partial charge in [0, 0.05) is 31.0 Å². The number of imidazole rings is 1. The Morgan fingerprint density at radius 2 is 1.84 bits per heavy atom. The maximum atomic E-state index is 5.87. The summed E-state index contributed by atoms with van der Waals surface area (Å²) >= 11 is 0. The van der Waals surface area contributed by atoms with E-state index in [0.717, 1.165) is 47.0 Å². The number of ether oxygens (including phenoxy) is 2. The normalized spacial score (nSPS) is 21.0. The fourth-order valence-electron chi connectivity index (χ4n) is 4.66. The molecule has 1 fully saturated rings. The first kappa shape index (κ1) is 19.4. The van der Waals surface area contributed by atoms with Gasteiger partial charge in [-0.15, -0.1) is 0 Å². The topological polar surface area (TPSA) is 65.3 Å². The molecule has 4 aromatic rings. The molecule has 2 aromatic carbocycles. The monoisotopic (exact) mass is 427 g/mol. The molecule has 2 aromatic heterocycles. The summed E-state index contributed by atoms with van der Waals surface area (Å²) in [4.78, 5) is 16.3. The zero-order valence-corrected chi connectivity index (χ0v) is 18.0. The van der Waals surface area contributed by atoms with E-state index in [-0.39, 0.29) is 12.1 Å². The molecule has 0 aliphatic carbocycles. The number of anilines is 1. The first-order valence-corrected chi connectivity index (χ1v) is 11.1. The van der Waals surface area contributed by atoms with E-state index < -0.39 is 0 Å². The van der Waals surface area contributed by atoms with Gasteiger partial charge in [-0.1, -0.05) is 36.4 Å². The fraction of sp³-hybridized carbons (Fsp3) is 0.320. The summed E-state index contributed by atoms with van der Waals surface area (Å²) in [6.45, 7) is 5.60. The van der Waals surface area contributed by atoms with E-state index in [1.165, 1.54) is 5.56 Å². The summed E-state index contributed by atoms with van der Waals surface area (Å²) in [5.41, 5.74) is 5.40. The maximum Gasteiger partial charge on any atom is 0.225 e. The molecule has 162 valence electrons. The molecule has 7 heteroatoms. The van der Waals surface area contributed by atoms with E-state index in [0.29, 0.717) is 19.8 Å². The Bertz CT molecular complexity index is 1240. The molecule has 0 saturated carbocycles. The van der Waals surface area contributed by atoms with Crippen molar-refractivity contribution >= 4 is 17.0 Å². The molecule has 6 rings (SSSR count). The molecule has 2 atom stereocenters. The Morgan fingerprint density at radius 3 is 2.66 bits per heavy atom. The van der Waals surface area contributed by atoms with Gasteiger partial charge in [-0.05, 0) is 30.2 Å². The third kappa shape index (κ3) is 3.43. The number of hydrogen-bond donors (Lipinski definition) is 0. The van der Waals surface area contributed by atoms with E-state index in [1.54, 1.807) is 0 Å². The van der Waals surface area contributed by atoms with Crippen molar-refractivity contribution in [1.82, 2.24) is 19.5 Å². The van der Waals surface area contributed by atoms with Crippen LogP contribution in [-0.2, 0) is 16.1 Å². The first-order valence-electron chi connectivity index (χ1n) is 11.1. The largest absolute Gasteiger partial charge is 0.375 e. The van der Waals surface area contributed by atoms with E-state index in [1.807, 2.05) is 18.5 Å². The number of hydrogen-bond acceptors (Lipinski definition) is 6. The lowest BCUT2D eigenvalue weighted by Gasteiger charge is -2.31. The second kappa shape index (κ2) is 8.00. The molecule has 1 saturated heterocycles. The standard InChI is InChI=1S/C25H25N5O2/c1-17-14-29(9-10-32-17)25-26-12-20(13-27-25)19-7-8-21-22(11-19)30-23(15-31-16-24(30)28-21)18-5-3-2-4-6-18/h2-8,11-13,17,23H,9-10,14-16H2,1H3/t17?,23-/m1/s1. The molecular formula is C25H25N5O2. The number of nitrogens with zero attached hydrogens (tertiary/aromatic N) is 5. The molecule has 0 radical (unpaired) electrons. The highest BCUT2D eigenvalue weighted by molar-refractivity contribution is 5.83. The van der Waals surface area contributed by atoms with Crippen LogP contribution in [0.2, 0.25) is 0 Å². The Kier molecular flexibility index (Phi) is 4.85. The molecule has 4 heterocycles. The number of fused-ring (bicyclic) bond motifs is 3. The van der Waals surface area contributed by atoms with Gasteiger partial charge in [-0.25, -0.2) is 15.0 Å². The molecule has 2 aliphatic heterocycles. The van der Waals surface area contributed by atoms with Gasteiger partial charge in [-0.2, -0.15) is 0 Å². The van der Waals surface area contributed by atoms with Crippen LogP contribution in [0.5, 0.6) is 0 Å². The average molecular weight is 428 g/mol. The second-order valence-electron chi connectivity index (χ2n) is 8.44. The molecule has 7 nitrogen and oxygen atoms in total. The van der Waals surface area contributed by atoms with Crippen LogP contribution in [0, 0.1) is 0 Å². The predicted octanol–water partition coefficient (Wildman–Crippen LogP) is 3.84. The lowest BCUT2D eigenvalue weighted by atomic mass is 10.1. The van der Waals surface area contributed by atoms with E-state index in [4.69, 9.17) is 14.5 Å². The molecule has 32 heavy (non-hydrogen) atoms. The van der Waals surface area contributed by atoms with Gasteiger partial charge < -0.3 is 18.9 Å². The lowest BCUT2D eigenvalue weighted by Crippen LogP contribution is -2.41. The van der Waals surface area contributed by atoms with Crippen LogP contribution >= 0.6 is 0 Å². The van der Waals surface area contributed by atoms with Crippen LogP contribution in [-0.4, -0.2) is 51.9 Å². The summed E-state index contributed by atoms with van der Waals surface area (Å²) in [5.74, 6) is 1.72. The first-order chi connectivity index (χ1) is 15.8. The minimum atomic E-state index is 0.113. The van der Waals surface area contributed by atoms with Crippen LogP contribution in [0.1, 0.15) is 24.4 Å². The summed E-state index contributed by atoms with van der Waals surface area (Å²) in [7, 11) is 0. The highest BCUT2D eigenvalue weighted by Gasteiger charge is 2.25. The minimum Gasteiger partial charge on any atom is -0.375 e. The van der Waals surface area contributed by atoms with Gasteiger partial charge >= 0.3 is 0 Å². The zero-order chi connectivity index (χ0) is 21.5. The number of benzene rings is 2. The molecular weight excluding hydrogens is 402 g/mol. The molecule has 1 unspecified atom stereocenters. The highest BCUT2D eigenvalue weighted by Crippen LogP contribution is 2.32. The zero-order valence-electron chi connectivity index (χ0n) is 18.0. The van der Waals surface area contributed by atoms with Crippen molar-refractivity contribution in [1.29, 1.82) is 0 Å². The number of aromatic nitrogens is 4. The third-order valence-corrected chi connectivity index (χ3v) is 6.26. The van der Waals surface area contributed by atoms with Crippen molar-refractivity contribution in [2.45, 2.75) is 25.7 Å². The quantitative estimate of drug-likeness (QED) is 0.495. The van der Waals surface area contributed by atoms with E-state index in [9.17, 15) is 0 Å². The summed E-state index contributed by atoms with van der Waals surface area (Å²) in [6, 6.07) is 17.0. The molecule has 0 N–H and O–H groups in total. The summed E-state index contributed by atoms with van der Waals surface area (Å²) in [6.07, 6.45) is 4.02. The van der Waals surface area contributed by atoms with Gasteiger partial charge in [0.2, 0.25) is 5.95 Å². The Labute approximate surface area is 186 Å². The maximum absolute atomic E-state index is 5.87. The van der Waals surface area contributed by atoms with Crippen LogP contribution in [0.3, 0.4) is 0 Å². The minimum absolute atomic E-state index is 0.113. The molecule has 0 amide bonds. The average Bonchev–Trinajstić information content (AvgIpc) is 3.23. The Hall–Kier alpha value is -3.29. The molecule has 0 bridgehead atoms. The van der Waals surface area contributed by atoms with Crippen LogP contribution in [0.15, 0.2) is 60.9 Å². The van der Waals surface area contributed by atoms with Crippen molar-refractivity contribution in [2.24, 2.45) is 0 Å². The van der Waals surface area contributed by atoms with Crippen molar-refractivity contribution < 1.29 is 9.47 Å². The van der Waals surface area contributed by atoms with Crippen molar-refractivity contribution in [2.75, 3.05) is 31.2 Å². The third-order valence-electron chi connectivity index (χ3n) is 6.26. The predicted molar refractivity (Wildman–Crippen MR) is 123 cm³/mol. The van der Waals surface area contributed by atoms with Crippen molar-refractivity contribution in [3.63, 3.8) is 0 Å². The SMILES string of the molecule is CC1CN(c2ncc(-c3ccc4nc5n(c4c3)[C@@H](c3ccccc3)COC5)cn2)CCO1. The number of rotatable bonds is 3. The van der Waals surface area contributed by atoms with Gasteiger partial charge in [0.05, 0.1) is 36.4 Å². The van der Waals surface area contributed by atoms with E-state index >= 15 is 0 Å². The summed E-state index contributed by atoms with van der Waals surface area (Å²) < 4.78 is 13.8. The summed E-state index contributed by atoms with van der Waals surface area (Å²) in [5, 5.41) is 0. The Morgan fingerprint density at radius 1 is 1.00 bits per heavy atom. The second-order valence-corrected chi connectivity index (χ2v) is 8.44. The van der Waals surface area contributed by atoms with Gasteiger partial charge in [-0.3, -0.25) is 0 Å². The van der Waals surface area contributed by atoms with Gasteiger partial charge in [0.25, 0.3) is 0 Å². The number of morpholine rings is 1. The molecule has 2 aliphatic rings. The van der Waals surface area contributed by atoms with Crippen molar-refractivity contribution in [3.8, 4) is 11.1 Å². The van der Waals surface area contributed by atoms with Gasteiger partial charge in [0.1, 0.15) is 12.4 Å². The molecule has 0 spiro atoms.